The number of aliphatic hydroxyl groups is 1. The summed E-state index contributed by atoms with van der Waals surface area (Å²) in [5.41, 5.74) is 2.87. The second-order valence-corrected chi connectivity index (χ2v) is 8.22. The van der Waals surface area contributed by atoms with Gasteiger partial charge in [0.25, 0.3) is 0 Å². The molecule has 7 nitrogen and oxygen atoms in total. The number of aromatic nitrogens is 2. The molecule has 3 rings (SSSR count). The molecule has 0 aliphatic heterocycles. The molecule has 1 atom stereocenters. The monoisotopic (exact) mass is 477 g/mol. The minimum Gasteiger partial charge on any atom is -0.497 e. The average Bonchev–Trinajstić information content (AvgIpc) is 3.22. The minimum atomic E-state index is -0.643. The van der Waals surface area contributed by atoms with Crippen LogP contribution in [0.25, 0.3) is 5.69 Å². The summed E-state index contributed by atoms with van der Waals surface area (Å²) in [5.74, 6) is 4.55. The summed E-state index contributed by atoms with van der Waals surface area (Å²) < 4.78 is 18.9. The van der Waals surface area contributed by atoms with Crippen LogP contribution in [0.15, 0.2) is 54.6 Å². The van der Waals surface area contributed by atoms with Gasteiger partial charge in [-0.05, 0) is 55.8 Å². The van der Waals surface area contributed by atoms with Crippen LogP contribution in [0.4, 0.5) is 0 Å². The van der Waals surface area contributed by atoms with Crippen molar-refractivity contribution in [2.45, 2.75) is 39.3 Å². The fraction of sp³-hybridized carbons (Fsp3) is 0.393. The molecule has 3 aromatic rings. The number of aliphatic hydroxyl groups excluding tert-OH is 1. The van der Waals surface area contributed by atoms with Crippen molar-refractivity contribution in [2.24, 2.45) is 0 Å². The Morgan fingerprint density at radius 3 is 2.43 bits per heavy atom. The van der Waals surface area contributed by atoms with E-state index in [1.165, 1.54) is 0 Å². The first-order valence-corrected chi connectivity index (χ1v) is 12.0. The zero-order valence-electron chi connectivity index (χ0n) is 20.8. The lowest BCUT2D eigenvalue weighted by Gasteiger charge is -2.25. The van der Waals surface area contributed by atoms with Crippen LogP contribution in [-0.4, -0.2) is 59.3 Å². The molecule has 7 heteroatoms. The molecule has 0 bridgehead atoms. The van der Waals surface area contributed by atoms with E-state index in [-0.39, 0.29) is 13.2 Å². The maximum absolute atomic E-state index is 10.5. The van der Waals surface area contributed by atoms with Gasteiger partial charge in [-0.1, -0.05) is 38.0 Å². The van der Waals surface area contributed by atoms with Gasteiger partial charge in [0.1, 0.15) is 18.1 Å². The van der Waals surface area contributed by atoms with Crippen molar-refractivity contribution in [1.82, 2.24) is 14.7 Å². The predicted octanol–water partition coefficient (Wildman–Crippen LogP) is 4.46. The van der Waals surface area contributed by atoms with Gasteiger partial charge in [-0.15, -0.1) is 6.42 Å². The maximum atomic E-state index is 10.5. The quantitative estimate of drug-likeness (QED) is 0.273. The third-order valence-corrected chi connectivity index (χ3v) is 5.52. The summed E-state index contributed by atoms with van der Waals surface area (Å²) >= 11 is 0. The van der Waals surface area contributed by atoms with Crippen LogP contribution in [0.1, 0.15) is 31.5 Å². The molecule has 186 valence electrons. The molecule has 35 heavy (non-hydrogen) atoms. The van der Waals surface area contributed by atoms with Crippen molar-refractivity contribution in [2.75, 3.05) is 33.4 Å². The highest BCUT2D eigenvalue weighted by Crippen LogP contribution is 2.33. The van der Waals surface area contributed by atoms with Gasteiger partial charge in [-0.3, -0.25) is 4.90 Å². The van der Waals surface area contributed by atoms with Gasteiger partial charge in [0.2, 0.25) is 5.88 Å². The summed E-state index contributed by atoms with van der Waals surface area (Å²) in [6, 6.07) is 17.5. The molecule has 0 fully saturated rings. The number of rotatable bonds is 14. The molecule has 0 unspecified atom stereocenters. The fourth-order valence-corrected chi connectivity index (χ4v) is 3.90. The Balaban J connectivity index is 1.95. The van der Waals surface area contributed by atoms with Crippen molar-refractivity contribution in [1.29, 1.82) is 0 Å². The third-order valence-electron chi connectivity index (χ3n) is 5.52. The lowest BCUT2D eigenvalue weighted by molar-refractivity contribution is 0.0259. The van der Waals surface area contributed by atoms with E-state index in [9.17, 15) is 5.11 Å². The van der Waals surface area contributed by atoms with E-state index in [0.29, 0.717) is 24.7 Å². The van der Waals surface area contributed by atoms with Crippen LogP contribution in [0.3, 0.4) is 0 Å². The van der Waals surface area contributed by atoms with Crippen LogP contribution in [-0.2, 0) is 17.7 Å². The van der Waals surface area contributed by atoms with Crippen molar-refractivity contribution in [3.05, 3.63) is 65.9 Å². The summed E-state index contributed by atoms with van der Waals surface area (Å²) in [6.45, 7) is 6.45. The largest absolute Gasteiger partial charge is 0.497 e. The van der Waals surface area contributed by atoms with Crippen LogP contribution < -0.4 is 9.47 Å². The standard InChI is InChI=1S/C28H35N3O4/c1-5-17-30(19-23(32)21-34-18-6-2)20-26-27(7-3)29-31(22-11-9-8-10-12-22)28(26)35-25-15-13-24(33-4)14-16-25/h2,8-16,23,32H,5,7,17-21H2,1,3-4H3/t23-/m1/s1. The van der Waals surface area contributed by atoms with Gasteiger partial charge in [-0.2, -0.15) is 5.10 Å². The third kappa shape index (κ3) is 7.33. The van der Waals surface area contributed by atoms with E-state index >= 15 is 0 Å². The number of nitrogens with zero attached hydrogens (tertiary/aromatic N) is 3. The number of terminal acetylenes is 1. The van der Waals surface area contributed by atoms with Gasteiger partial charge in [-0.25, -0.2) is 4.68 Å². The Labute approximate surface area is 208 Å². The fourth-order valence-electron chi connectivity index (χ4n) is 3.90. The smallest absolute Gasteiger partial charge is 0.227 e. The number of para-hydroxylation sites is 1. The Hall–Kier alpha value is -3.31. The highest BCUT2D eigenvalue weighted by atomic mass is 16.5. The second-order valence-electron chi connectivity index (χ2n) is 8.22. The van der Waals surface area contributed by atoms with E-state index in [1.807, 2.05) is 59.3 Å². The first kappa shape index (κ1) is 26.3. The molecule has 0 spiro atoms. The molecule has 1 aromatic heterocycles. The van der Waals surface area contributed by atoms with Gasteiger partial charge in [0, 0.05) is 13.1 Å². The molecule has 0 amide bonds. The highest BCUT2D eigenvalue weighted by Gasteiger charge is 2.23. The van der Waals surface area contributed by atoms with Gasteiger partial charge >= 0.3 is 0 Å². The van der Waals surface area contributed by atoms with E-state index in [2.05, 4.69) is 24.7 Å². The Bertz CT molecular complexity index is 1070. The SMILES string of the molecule is C#CCOC[C@H](O)CN(CCC)Cc1c(CC)nn(-c2ccccc2)c1Oc1ccc(OC)cc1. The Morgan fingerprint density at radius 1 is 1.09 bits per heavy atom. The zero-order valence-corrected chi connectivity index (χ0v) is 20.8. The van der Waals surface area contributed by atoms with Gasteiger partial charge in [0.05, 0.1) is 36.8 Å². The molecular weight excluding hydrogens is 442 g/mol. The summed E-state index contributed by atoms with van der Waals surface area (Å²) in [6.07, 6.45) is 6.30. The van der Waals surface area contributed by atoms with Crippen LogP contribution in [0.5, 0.6) is 17.4 Å². The van der Waals surface area contributed by atoms with Crippen molar-refractivity contribution in [3.63, 3.8) is 0 Å². The van der Waals surface area contributed by atoms with Gasteiger partial charge < -0.3 is 19.3 Å². The van der Waals surface area contributed by atoms with Crippen molar-refractivity contribution in [3.8, 4) is 35.4 Å². The first-order chi connectivity index (χ1) is 17.1. The van der Waals surface area contributed by atoms with E-state index < -0.39 is 6.10 Å². The van der Waals surface area contributed by atoms with Crippen LogP contribution in [0.2, 0.25) is 0 Å². The topological polar surface area (TPSA) is 69.0 Å². The molecule has 0 radical (unpaired) electrons. The maximum Gasteiger partial charge on any atom is 0.227 e. The average molecular weight is 478 g/mol. The molecule has 0 aliphatic rings. The molecule has 1 N–H and O–H groups in total. The van der Waals surface area contributed by atoms with Crippen LogP contribution in [0, 0.1) is 12.3 Å². The molecule has 0 saturated carbocycles. The Kier molecular flexibility index (Phi) is 10.2. The van der Waals surface area contributed by atoms with E-state index in [0.717, 1.165) is 42.1 Å². The van der Waals surface area contributed by atoms with Crippen molar-refractivity contribution < 1.29 is 19.3 Å². The first-order valence-electron chi connectivity index (χ1n) is 12.0. The predicted molar refractivity (Wildman–Crippen MR) is 137 cm³/mol. The lowest BCUT2D eigenvalue weighted by Crippen LogP contribution is -2.35. The van der Waals surface area contributed by atoms with E-state index in [4.69, 9.17) is 25.7 Å². The van der Waals surface area contributed by atoms with Crippen molar-refractivity contribution >= 4 is 0 Å². The number of methoxy groups -OCH3 is 1. The van der Waals surface area contributed by atoms with Crippen LogP contribution >= 0.6 is 0 Å². The molecule has 0 saturated heterocycles. The number of aryl methyl sites for hydroxylation is 1. The number of hydrogen-bond donors (Lipinski definition) is 1. The number of ether oxygens (including phenoxy) is 3. The molecule has 2 aromatic carbocycles. The number of benzene rings is 2. The highest BCUT2D eigenvalue weighted by molar-refractivity contribution is 5.44. The normalized spacial score (nSPS) is 11.9. The second kappa shape index (κ2) is 13.5. The lowest BCUT2D eigenvalue weighted by atomic mass is 10.1. The summed E-state index contributed by atoms with van der Waals surface area (Å²) in [4.78, 5) is 2.20. The molecule has 1 heterocycles. The zero-order chi connectivity index (χ0) is 25.0. The van der Waals surface area contributed by atoms with Gasteiger partial charge in [0.15, 0.2) is 0 Å². The number of hydrogen-bond acceptors (Lipinski definition) is 6. The summed E-state index contributed by atoms with van der Waals surface area (Å²) in [7, 11) is 1.64. The molecular formula is C28H35N3O4. The summed E-state index contributed by atoms with van der Waals surface area (Å²) in [5, 5.41) is 15.4. The Morgan fingerprint density at radius 2 is 1.80 bits per heavy atom. The molecule has 0 aliphatic carbocycles. The van der Waals surface area contributed by atoms with E-state index in [1.54, 1.807) is 7.11 Å². The minimum absolute atomic E-state index is 0.189.